The number of nitrogens with one attached hydrogen (secondary N) is 2. The van der Waals surface area contributed by atoms with Crippen LogP contribution in [0.1, 0.15) is 29.2 Å². The second kappa shape index (κ2) is 12.0. The Labute approximate surface area is 259 Å². The van der Waals surface area contributed by atoms with E-state index in [0.29, 0.717) is 18.6 Å². The standard InChI is InChI=1S/C29H27FN6O7S2/c30-21-12-19-22(36(17-6-7-17)15-20(27(19)39)28(40)41)13-23(21)34-8-10-35(11-9-34)26(38)16-44-29-31-24(14-25(37)32-29)33-45(42,43)18-4-2-1-3-5-18/h1-5,12-15,17H,6-11,16H2,(H,40,41)(H2,31,32,33,37). The van der Waals surface area contributed by atoms with Crippen molar-refractivity contribution in [3.63, 3.8) is 0 Å². The van der Waals surface area contributed by atoms with E-state index in [-0.39, 0.29) is 57.7 Å². The second-order valence-corrected chi connectivity index (χ2v) is 13.3. The topological polar surface area (TPSA) is 175 Å². The minimum atomic E-state index is -3.97. The van der Waals surface area contributed by atoms with Gasteiger partial charge in [-0.2, -0.15) is 0 Å². The highest BCUT2D eigenvalue weighted by Crippen LogP contribution is 2.38. The molecule has 2 fully saturated rings. The van der Waals surface area contributed by atoms with Gasteiger partial charge in [0.05, 0.1) is 21.9 Å². The molecule has 0 bridgehead atoms. The first-order valence-corrected chi connectivity index (χ1v) is 16.4. The quantitative estimate of drug-likeness (QED) is 0.180. The van der Waals surface area contributed by atoms with Crippen LogP contribution in [0.3, 0.4) is 0 Å². The Kier molecular flexibility index (Phi) is 8.09. The summed E-state index contributed by atoms with van der Waals surface area (Å²) in [6.07, 6.45) is 3.00. The van der Waals surface area contributed by atoms with Gasteiger partial charge < -0.3 is 24.5 Å². The molecule has 0 unspecified atom stereocenters. The number of piperazine rings is 1. The number of halogens is 1. The number of carboxylic acids is 1. The lowest BCUT2D eigenvalue weighted by Crippen LogP contribution is -2.49. The van der Waals surface area contributed by atoms with E-state index in [1.165, 1.54) is 18.3 Å². The highest BCUT2D eigenvalue weighted by Gasteiger charge is 2.29. The number of carbonyl (C=O) groups is 2. The lowest BCUT2D eigenvalue weighted by atomic mass is 10.1. The molecule has 13 nitrogen and oxygen atoms in total. The summed E-state index contributed by atoms with van der Waals surface area (Å²) in [5.41, 5.74) is -0.997. The molecule has 16 heteroatoms. The van der Waals surface area contributed by atoms with Crippen molar-refractivity contribution in [2.75, 3.05) is 41.6 Å². The van der Waals surface area contributed by atoms with Crippen molar-refractivity contribution in [3.8, 4) is 0 Å². The Hall–Kier alpha value is -4.70. The molecule has 234 valence electrons. The maximum atomic E-state index is 15.3. The Morgan fingerprint density at radius 3 is 2.44 bits per heavy atom. The molecule has 1 aliphatic carbocycles. The van der Waals surface area contributed by atoms with Crippen molar-refractivity contribution in [2.24, 2.45) is 0 Å². The fraction of sp³-hybridized carbons (Fsp3) is 0.276. The highest BCUT2D eigenvalue weighted by molar-refractivity contribution is 7.99. The van der Waals surface area contributed by atoms with Crippen LogP contribution in [0.2, 0.25) is 0 Å². The molecule has 3 heterocycles. The summed E-state index contributed by atoms with van der Waals surface area (Å²) in [4.78, 5) is 59.5. The third kappa shape index (κ3) is 6.42. The molecule has 2 aromatic heterocycles. The number of nitrogens with zero attached hydrogens (tertiary/aromatic N) is 4. The summed E-state index contributed by atoms with van der Waals surface area (Å²) in [7, 11) is -3.97. The number of carboxylic acid groups (broad SMARTS) is 1. The third-order valence-corrected chi connectivity index (χ3v) is 9.82. The minimum absolute atomic E-state index is 0.00348. The van der Waals surface area contributed by atoms with Crippen LogP contribution in [0.25, 0.3) is 10.9 Å². The Morgan fingerprint density at radius 1 is 1.07 bits per heavy atom. The lowest BCUT2D eigenvalue weighted by Gasteiger charge is -2.36. The number of amides is 1. The van der Waals surface area contributed by atoms with E-state index in [0.717, 1.165) is 36.7 Å². The third-order valence-electron chi connectivity index (χ3n) is 7.59. The van der Waals surface area contributed by atoms with E-state index in [2.05, 4.69) is 14.7 Å². The number of hydrogen-bond acceptors (Lipinski definition) is 9. The summed E-state index contributed by atoms with van der Waals surface area (Å²) in [5, 5.41) is 9.54. The van der Waals surface area contributed by atoms with Gasteiger partial charge in [-0.15, -0.1) is 0 Å². The van der Waals surface area contributed by atoms with Crippen molar-refractivity contribution < 1.29 is 27.5 Å². The van der Waals surface area contributed by atoms with E-state index in [4.69, 9.17) is 0 Å². The number of hydrogen-bond donors (Lipinski definition) is 3. The molecule has 0 radical (unpaired) electrons. The van der Waals surface area contributed by atoms with Gasteiger partial charge in [0.1, 0.15) is 17.2 Å². The summed E-state index contributed by atoms with van der Waals surface area (Å²) in [6, 6.07) is 11.3. The average molecular weight is 655 g/mol. The SMILES string of the molecule is O=C(O)c1cn(C2CC2)c2cc(N3CCN(C(=O)CSc4nc(NS(=O)(=O)c5ccccc5)cc(=O)[nH]4)CC3)c(F)cc2c1=O. The molecular formula is C29H27FN6O7S2. The number of aromatic carboxylic acids is 1. The van der Waals surface area contributed by atoms with Crippen molar-refractivity contribution in [1.29, 1.82) is 0 Å². The predicted molar refractivity (Wildman–Crippen MR) is 165 cm³/mol. The van der Waals surface area contributed by atoms with Crippen LogP contribution < -0.4 is 20.6 Å². The predicted octanol–water partition coefficient (Wildman–Crippen LogP) is 2.50. The van der Waals surface area contributed by atoms with E-state index >= 15 is 4.39 Å². The van der Waals surface area contributed by atoms with E-state index < -0.39 is 38.4 Å². The van der Waals surface area contributed by atoms with Gasteiger partial charge in [-0.1, -0.05) is 30.0 Å². The van der Waals surface area contributed by atoms with Crippen LogP contribution in [0, 0.1) is 5.82 Å². The summed E-state index contributed by atoms with van der Waals surface area (Å²) < 4.78 is 44.5. The number of carbonyl (C=O) groups excluding carboxylic acids is 1. The van der Waals surface area contributed by atoms with Gasteiger partial charge >= 0.3 is 5.97 Å². The zero-order valence-corrected chi connectivity index (χ0v) is 25.2. The number of aromatic nitrogens is 3. The summed E-state index contributed by atoms with van der Waals surface area (Å²) >= 11 is 0.948. The molecule has 3 N–H and O–H groups in total. The van der Waals surface area contributed by atoms with Crippen LogP contribution in [0.5, 0.6) is 0 Å². The molecule has 45 heavy (non-hydrogen) atoms. The molecule has 2 aliphatic rings. The van der Waals surface area contributed by atoms with E-state index in [1.54, 1.807) is 38.6 Å². The number of thioether (sulfide) groups is 1. The number of fused-ring (bicyclic) bond motifs is 1. The van der Waals surface area contributed by atoms with Crippen LogP contribution in [-0.2, 0) is 14.8 Å². The average Bonchev–Trinajstić information content (AvgIpc) is 3.86. The lowest BCUT2D eigenvalue weighted by molar-refractivity contribution is -0.128. The van der Waals surface area contributed by atoms with Crippen molar-refractivity contribution in [2.45, 2.75) is 28.9 Å². The van der Waals surface area contributed by atoms with Gasteiger partial charge in [0.25, 0.3) is 15.6 Å². The molecule has 1 saturated carbocycles. The van der Waals surface area contributed by atoms with Crippen LogP contribution in [0.4, 0.5) is 15.9 Å². The fourth-order valence-electron chi connectivity index (χ4n) is 5.18. The van der Waals surface area contributed by atoms with Crippen LogP contribution in [-0.4, -0.2) is 76.8 Å². The zero-order valence-electron chi connectivity index (χ0n) is 23.6. The molecule has 4 aromatic rings. The summed E-state index contributed by atoms with van der Waals surface area (Å²) in [6.45, 7) is 1.19. The zero-order chi connectivity index (χ0) is 31.9. The molecule has 0 atom stereocenters. The Balaban J connectivity index is 1.11. The molecule has 1 amide bonds. The van der Waals surface area contributed by atoms with Crippen molar-refractivity contribution >= 4 is 56.1 Å². The number of H-pyrrole nitrogens is 1. The smallest absolute Gasteiger partial charge is 0.341 e. The number of benzene rings is 2. The normalized spacial score (nSPS) is 15.3. The molecule has 1 saturated heterocycles. The molecule has 0 spiro atoms. The second-order valence-electron chi connectivity index (χ2n) is 10.6. The molecule has 2 aromatic carbocycles. The molecular weight excluding hydrogens is 627 g/mol. The maximum absolute atomic E-state index is 15.3. The van der Waals surface area contributed by atoms with Gasteiger partial charge in [-0.25, -0.2) is 22.6 Å². The summed E-state index contributed by atoms with van der Waals surface area (Å²) in [5.74, 6) is -2.53. The van der Waals surface area contributed by atoms with Crippen molar-refractivity contribution in [3.05, 3.63) is 86.7 Å². The van der Waals surface area contributed by atoms with Gasteiger partial charge in [-0.05, 0) is 37.1 Å². The Bertz CT molecular complexity index is 2040. The number of pyridine rings is 1. The number of rotatable bonds is 9. The van der Waals surface area contributed by atoms with Crippen LogP contribution >= 0.6 is 11.8 Å². The first-order chi connectivity index (χ1) is 21.5. The minimum Gasteiger partial charge on any atom is -0.477 e. The first-order valence-electron chi connectivity index (χ1n) is 14.0. The van der Waals surface area contributed by atoms with Gasteiger partial charge in [-0.3, -0.25) is 19.1 Å². The monoisotopic (exact) mass is 654 g/mol. The highest BCUT2D eigenvalue weighted by atomic mass is 32.2. The van der Waals surface area contributed by atoms with Crippen molar-refractivity contribution in [1.82, 2.24) is 19.4 Å². The van der Waals surface area contributed by atoms with Gasteiger partial charge in [0.2, 0.25) is 11.3 Å². The first kappa shape index (κ1) is 30.3. The van der Waals surface area contributed by atoms with Gasteiger partial charge in [0, 0.05) is 49.9 Å². The van der Waals surface area contributed by atoms with E-state index in [1.807, 2.05) is 0 Å². The number of aromatic amines is 1. The number of sulfonamides is 1. The van der Waals surface area contributed by atoms with Crippen LogP contribution in [0.15, 0.2) is 74.4 Å². The largest absolute Gasteiger partial charge is 0.477 e. The Morgan fingerprint density at radius 2 is 1.78 bits per heavy atom. The fourth-order valence-corrected chi connectivity index (χ4v) is 6.97. The number of anilines is 2. The van der Waals surface area contributed by atoms with E-state index in [9.17, 15) is 32.7 Å². The molecule has 6 rings (SSSR count). The maximum Gasteiger partial charge on any atom is 0.341 e. The molecule has 1 aliphatic heterocycles. The van der Waals surface area contributed by atoms with Gasteiger partial charge in [0.15, 0.2) is 5.16 Å².